The number of carbonyl (C=O) groups excluding carboxylic acids is 1. The Morgan fingerprint density at radius 1 is 1.47 bits per heavy atom. The van der Waals surface area contributed by atoms with Gasteiger partial charge < -0.3 is 0 Å². The van der Waals surface area contributed by atoms with Gasteiger partial charge in [-0.3, -0.25) is 20.1 Å². The standard InChI is InChI=1S/C9H16N2O4/c1-2-9(12)10(13)7-3-5-8(6-4-7)11(14)15/h7-8,13H,2-6H2,1H3. The lowest BCUT2D eigenvalue weighted by Gasteiger charge is -2.29. The van der Waals surface area contributed by atoms with E-state index in [9.17, 15) is 20.1 Å². The highest BCUT2D eigenvalue weighted by Crippen LogP contribution is 2.24. The molecule has 0 heterocycles. The molecule has 0 aromatic heterocycles. The van der Waals surface area contributed by atoms with Crippen LogP contribution in [0.1, 0.15) is 39.0 Å². The molecule has 15 heavy (non-hydrogen) atoms. The van der Waals surface area contributed by atoms with Gasteiger partial charge in [0.05, 0.1) is 6.04 Å². The summed E-state index contributed by atoms with van der Waals surface area (Å²) < 4.78 is 0. The van der Waals surface area contributed by atoms with Gasteiger partial charge in [-0.2, -0.15) is 0 Å². The smallest absolute Gasteiger partial charge is 0.245 e. The maximum Gasteiger partial charge on any atom is 0.245 e. The van der Waals surface area contributed by atoms with Gasteiger partial charge in [-0.15, -0.1) is 0 Å². The van der Waals surface area contributed by atoms with Crippen molar-refractivity contribution in [2.45, 2.75) is 51.1 Å². The maximum atomic E-state index is 11.2. The Morgan fingerprint density at radius 2 is 2.00 bits per heavy atom. The van der Waals surface area contributed by atoms with E-state index in [2.05, 4.69) is 0 Å². The molecule has 0 radical (unpaired) electrons. The zero-order valence-electron chi connectivity index (χ0n) is 8.76. The third kappa shape index (κ3) is 2.89. The average molecular weight is 216 g/mol. The molecule has 6 heteroatoms. The van der Waals surface area contributed by atoms with Crippen LogP contribution in [0.5, 0.6) is 0 Å². The van der Waals surface area contributed by atoms with Crippen molar-refractivity contribution < 1.29 is 14.9 Å². The van der Waals surface area contributed by atoms with Crippen molar-refractivity contribution in [2.24, 2.45) is 0 Å². The molecule has 1 aliphatic carbocycles. The number of rotatable bonds is 3. The topological polar surface area (TPSA) is 83.7 Å². The number of carbonyl (C=O) groups is 1. The van der Waals surface area contributed by atoms with Gasteiger partial charge in [0.1, 0.15) is 0 Å². The largest absolute Gasteiger partial charge is 0.286 e. The van der Waals surface area contributed by atoms with Gasteiger partial charge in [-0.1, -0.05) is 6.92 Å². The third-order valence-corrected chi connectivity index (χ3v) is 2.87. The molecule has 6 nitrogen and oxygen atoms in total. The lowest BCUT2D eigenvalue weighted by molar-refractivity contribution is -0.527. The van der Waals surface area contributed by atoms with Crippen LogP contribution in [0.4, 0.5) is 0 Å². The van der Waals surface area contributed by atoms with Gasteiger partial charge in [0.25, 0.3) is 0 Å². The Balaban J connectivity index is 2.43. The monoisotopic (exact) mass is 216 g/mol. The summed E-state index contributed by atoms with van der Waals surface area (Å²) in [6.07, 6.45) is 2.14. The summed E-state index contributed by atoms with van der Waals surface area (Å²) in [7, 11) is 0. The zero-order valence-corrected chi connectivity index (χ0v) is 8.76. The second-order valence-corrected chi connectivity index (χ2v) is 3.84. The maximum absolute atomic E-state index is 11.2. The minimum Gasteiger partial charge on any atom is -0.286 e. The van der Waals surface area contributed by atoms with E-state index in [1.54, 1.807) is 6.92 Å². The zero-order chi connectivity index (χ0) is 11.4. The molecule has 1 saturated carbocycles. The molecule has 1 aliphatic rings. The van der Waals surface area contributed by atoms with E-state index >= 15 is 0 Å². The fourth-order valence-electron chi connectivity index (χ4n) is 1.88. The quantitative estimate of drug-likeness (QED) is 0.436. The predicted octanol–water partition coefficient (Wildman–Crippen LogP) is 1.20. The van der Waals surface area contributed by atoms with E-state index in [1.807, 2.05) is 0 Å². The Labute approximate surface area is 88.0 Å². The van der Waals surface area contributed by atoms with Crippen LogP contribution in [0, 0.1) is 10.1 Å². The van der Waals surface area contributed by atoms with Crippen LogP contribution < -0.4 is 0 Å². The van der Waals surface area contributed by atoms with Crippen molar-refractivity contribution in [3.8, 4) is 0 Å². The molecule has 0 aromatic carbocycles. The molecular weight excluding hydrogens is 200 g/mol. The number of amides is 1. The summed E-state index contributed by atoms with van der Waals surface area (Å²) in [4.78, 5) is 21.4. The van der Waals surface area contributed by atoms with Crippen molar-refractivity contribution in [1.82, 2.24) is 5.06 Å². The second-order valence-electron chi connectivity index (χ2n) is 3.84. The normalized spacial score (nSPS) is 26.0. The first-order chi connectivity index (χ1) is 7.06. The van der Waals surface area contributed by atoms with E-state index in [4.69, 9.17) is 0 Å². The van der Waals surface area contributed by atoms with E-state index < -0.39 is 6.04 Å². The Morgan fingerprint density at radius 3 is 2.40 bits per heavy atom. The molecule has 0 spiro atoms. The molecule has 86 valence electrons. The van der Waals surface area contributed by atoms with Crippen LogP contribution in [0.2, 0.25) is 0 Å². The first kappa shape index (κ1) is 11.9. The van der Waals surface area contributed by atoms with Gasteiger partial charge in [0.15, 0.2) is 0 Å². The van der Waals surface area contributed by atoms with Crippen LogP contribution in [0.25, 0.3) is 0 Å². The van der Waals surface area contributed by atoms with Crippen LogP contribution in [-0.2, 0) is 4.79 Å². The molecule has 0 aromatic rings. The number of hydrogen-bond acceptors (Lipinski definition) is 4. The summed E-state index contributed by atoms with van der Waals surface area (Å²) in [5.74, 6) is -0.320. The molecule has 0 saturated heterocycles. The summed E-state index contributed by atoms with van der Waals surface area (Å²) in [6, 6.07) is -0.750. The van der Waals surface area contributed by atoms with Crippen molar-refractivity contribution in [1.29, 1.82) is 0 Å². The van der Waals surface area contributed by atoms with Crippen molar-refractivity contribution in [3.63, 3.8) is 0 Å². The number of nitrogens with zero attached hydrogens (tertiary/aromatic N) is 2. The highest BCUT2D eigenvalue weighted by Gasteiger charge is 2.32. The summed E-state index contributed by atoms with van der Waals surface area (Å²) >= 11 is 0. The molecule has 0 atom stereocenters. The van der Waals surface area contributed by atoms with E-state index in [0.717, 1.165) is 5.06 Å². The average Bonchev–Trinajstić information content (AvgIpc) is 2.27. The highest BCUT2D eigenvalue weighted by molar-refractivity contribution is 5.74. The van der Waals surface area contributed by atoms with Crippen LogP contribution in [0.15, 0.2) is 0 Å². The molecule has 0 aliphatic heterocycles. The first-order valence-corrected chi connectivity index (χ1v) is 5.20. The van der Waals surface area contributed by atoms with E-state index in [-0.39, 0.29) is 23.3 Å². The molecule has 1 rings (SSSR count). The Bertz CT molecular complexity index is 248. The van der Waals surface area contributed by atoms with Gasteiger partial charge in [0.2, 0.25) is 11.9 Å². The fourth-order valence-corrected chi connectivity index (χ4v) is 1.88. The minimum absolute atomic E-state index is 0.242. The summed E-state index contributed by atoms with van der Waals surface area (Å²) in [6.45, 7) is 1.67. The summed E-state index contributed by atoms with van der Waals surface area (Å²) in [5, 5.41) is 20.7. The lowest BCUT2D eigenvalue weighted by atomic mass is 9.91. The number of hydrogen-bond donors (Lipinski definition) is 1. The molecule has 1 amide bonds. The van der Waals surface area contributed by atoms with Gasteiger partial charge in [-0.25, -0.2) is 5.06 Å². The van der Waals surface area contributed by atoms with Gasteiger partial charge in [0, 0.05) is 24.2 Å². The number of nitro groups is 1. The highest BCUT2D eigenvalue weighted by atomic mass is 16.6. The van der Waals surface area contributed by atoms with Crippen molar-refractivity contribution in [2.75, 3.05) is 0 Å². The summed E-state index contributed by atoms with van der Waals surface area (Å²) in [5.41, 5.74) is 0. The first-order valence-electron chi connectivity index (χ1n) is 5.20. The molecule has 1 fully saturated rings. The SMILES string of the molecule is CCC(=O)N(O)C1CCC([N+](=O)[O-])CC1. The number of hydroxylamine groups is 2. The fraction of sp³-hybridized carbons (Fsp3) is 0.889. The predicted molar refractivity (Wildman–Crippen MR) is 52.0 cm³/mol. The molecule has 0 bridgehead atoms. The van der Waals surface area contributed by atoms with Crippen LogP contribution >= 0.6 is 0 Å². The molecular formula is C9H16N2O4. The van der Waals surface area contributed by atoms with Gasteiger partial charge >= 0.3 is 0 Å². The van der Waals surface area contributed by atoms with Crippen molar-refractivity contribution in [3.05, 3.63) is 10.1 Å². The molecule has 0 unspecified atom stereocenters. The second kappa shape index (κ2) is 5.06. The van der Waals surface area contributed by atoms with Crippen LogP contribution in [0.3, 0.4) is 0 Å². The Hall–Kier alpha value is -1.17. The van der Waals surface area contributed by atoms with Crippen LogP contribution in [-0.4, -0.2) is 33.2 Å². The minimum atomic E-state index is -0.508. The van der Waals surface area contributed by atoms with Gasteiger partial charge in [-0.05, 0) is 12.8 Å². The lowest BCUT2D eigenvalue weighted by Crippen LogP contribution is -2.41. The third-order valence-electron chi connectivity index (χ3n) is 2.87. The van der Waals surface area contributed by atoms with E-state index in [1.165, 1.54) is 0 Å². The Kier molecular flexibility index (Phi) is 4.02. The van der Waals surface area contributed by atoms with Crippen molar-refractivity contribution >= 4 is 5.91 Å². The molecule has 1 N–H and O–H groups in total. The van der Waals surface area contributed by atoms with E-state index in [0.29, 0.717) is 25.7 Å².